The fraction of sp³-hybridized carbons (Fsp3) is 0.773. The Kier molecular flexibility index (Phi) is 6.25. The average molecular weight is 440 g/mol. The highest BCUT2D eigenvalue weighted by molar-refractivity contribution is 6.06. The summed E-state index contributed by atoms with van der Waals surface area (Å²) in [5.74, 6) is -2.96. The zero-order valence-electron chi connectivity index (χ0n) is 19.0. The molecule has 3 rings (SSSR count). The van der Waals surface area contributed by atoms with Crippen LogP contribution in [0.25, 0.3) is 0 Å². The van der Waals surface area contributed by atoms with Gasteiger partial charge in [-0.05, 0) is 47.0 Å². The smallest absolute Gasteiger partial charge is 0.418 e. The molecule has 2 heterocycles. The number of allylic oxidation sites excluding steroid dienone is 1. The number of aliphatic hydroxyl groups is 1. The van der Waals surface area contributed by atoms with Gasteiger partial charge in [-0.2, -0.15) is 0 Å². The number of methoxy groups -OCH3 is 2. The lowest BCUT2D eigenvalue weighted by Crippen LogP contribution is -2.72. The second-order valence-corrected chi connectivity index (χ2v) is 9.56. The highest BCUT2D eigenvalue weighted by Gasteiger charge is 2.79. The number of likely N-dealkylation sites (tertiary alicyclic amines) is 1. The van der Waals surface area contributed by atoms with Gasteiger partial charge in [0.2, 0.25) is 11.4 Å². The van der Waals surface area contributed by atoms with Crippen molar-refractivity contribution < 1.29 is 38.4 Å². The quantitative estimate of drug-likeness (QED) is 0.524. The van der Waals surface area contributed by atoms with Crippen molar-refractivity contribution in [1.82, 2.24) is 4.90 Å². The van der Waals surface area contributed by atoms with Crippen LogP contribution >= 0.6 is 0 Å². The second kappa shape index (κ2) is 8.18. The number of fused-ring (bicyclic) bond motifs is 1. The Hall–Kier alpha value is -1.97. The number of aliphatic hydroxyl groups excluding tert-OH is 1. The minimum absolute atomic E-state index is 0.136. The van der Waals surface area contributed by atoms with Crippen LogP contribution in [0.3, 0.4) is 0 Å². The van der Waals surface area contributed by atoms with E-state index in [4.69, 9.17) is 18.9 Å². The maximum absolute atomic E-state index is 13.6. The van der Waals surface area contributed by atoms with Crippen LogP contribution in [-0.4, -0.2) is 71.3 Å². The van der Waals surface area contributed by atoms with Crippen LogP contribution < -0.4 is 0 Å². The largest absolute Gasteiger partial charge is 0.467 e. The van der Waals surface area contributed by atoms with Crippen molar-refractivity contribution in [3.8, 4) is 0 Å². The molecule has 31 heavy (non-hydrogen) atoms. The van der Waals surface area contributed by atoms with E-state index in [0.29, 0.717) is 6.42 Å². The van der Waals surface area contributed by atoms with Gasteiger partial charge >= 0.3 is 12.1 Å². The Labute approximate surface area is 182 Å². The SMILES string of the molecule is COC(=O)[C@]1([C@@H](O)[C@@H]2C=CCCC2)N(C(=O)OC(C)(C)C)C(=O)[C@@H]2C[C@@H](OC)O[C@@]21C. The van der Waals surface area contributed by atoms with Crippen LogP contribution in [0.4, 0.5) is 4.79 Å². The number of hydrogen-bond acceptors (Lipinski definition) is 8. The molecule has 2 aliphatic heterocycles. The topological polar surface area (TPSA) is 112 Å². The molecule has 2 fully saturated rings. The van der Waals surface area contributed by atoms with Gasteiger partial charge in [0, 0.05) is 19.4 Å². The molecule has 3 aliphatic rings. The van der Waals surface area contributed by atoms with Crippen molar-refractivity contribution in [2.45, 2.75) is 82.5 Å². The molecule has 0 saturated carbocycles. The van der Waals surface area contributed by atoms with Gasteiger partial charge in [-0.1, -0.05) is 12.2 Å². The van der Waals surface area contributed by atoms with Gasteiger partial charge in [-0.15, -0.1) is 0 Å². The van der Waals surface area contributed by atoms with Crippen LogP contribution in [0.5, 0.6) is 0 Å². The van der Waals surface area contributed by atoms with Crippen LogP contribution in [-0.2, 0) is 28.5 Å². The summed E-state index contributed by atoms with van der Waals surface area (Å²) in [4.78, 5) is 41.0. The van der Waals surface area contributed by atoms with Crippen molar-refractivity contribution in [3.05, 3.63) is 12.2 Å². The zero-order chi connectivity index (χ0) is 23.2. The Morgan fingerprint density at radius 2 is 2.00 bits per heavy atom. The van der Waals surface area contributed by atoms with Crippen molar-refractivity contribution in [1.29, 1.82) is 0 Å². The van der Waals surface area contributed by atoms with E-state index in [9.17, 15) is 19.5 Å². The van der Waals surface area contributed by atoms with Gasteiger partial charge in [-0.3, -0.25) is 4.79 Å². The second-order valence-electron chi connectivity index (χ2n) is 9.56. The molecule has 174 valence electrons. The lowest BCUT2D eigenvalue weighted by molar-refractivity contribution is -0.218. The minimum atomic E-state index is -2.13. The third-order valence-corrected chi connectivity index (χ3v) is 6.56. The molecule has 0 bridgehead atoms. The summed E-state index contributed by atoms with van der Waals surface area (Å²) in [6.45, 7) is 6.54. The van der Waals surface area contributed by atoms with Crippen molar-refractivity contribution >= 4 is 18.0 Å². The molecule has 1 N–H and O–H groups in total. The van der Waals surface area contributed by atoms with Gasteiger partial charge in [0.1, 0.15) is 11.2 Å². The maximum atomic E-state index is 13.6. The minimum Gasteiger partial charge on any atom is -0.467 e. The van der Waals surface area contributed by atoms with Gasteiger partial charge < -0.3 is 24.1 Å². The number of amides is 2. The summed E-state index contributed by atoms with van der Waals surface area (Å²) < 4.78 is 22.0. The van der Waals surface area contributed by atoms with E-state index in [-0.39, 0.29) is 6.42 Å². The number of esters is 1. The third-order valence-electron chi connectivity index (χ3n) is 6.56. The van der Waals surface area contributed by atoms with E-state index < -0.39 is 58.9 Å². The fourth-order valence-corrected chi connectivity index (χ4v) is 5.16. The van der Waals surface area contributed by atoms with E-state index >= 15 is 0 Å². The Morgan fingerprint density at radius 3 is 2.52 bits per heavy atom. The van der Waals surface area contributed by atoms with E-state index in [0.717, 1.165) is 24.9 Å². The first-order chi connectivity index (χ1) is 14.4. The number of nitrogens with zero attached hydrogens (tertiary/aromatic N) is 1. The normalized spacial score (nSPS) is 36.3. The molecule has 2 amide bonds. The zero-order valence-corrected chi connectivity index (χ0v) is 19.0. The molecule has 0 spiro atoms. The summed E-state index contributed by atoms with van der Waals surface area (Å²) in [7, 11) is 2.59. The lowest BCUT2D eigenvalue weighted by atomic mass is 9.68. The van der Waals surface area contributed by atoms with Gasteiger partial charge in [0.05, 0.1) is 19.1 Å². The fourth-order valence-electron chi connectivity index (χ4n) is 5.16. The molecule has 0 aromatic rings. The maximum Gasteiger partial charge on any atom is 0.418 e. The molecule has 0 aromatic carbocycles. The predicted molar refractivity (Wildman–Crippen MR) is 109 cm³/mol. The monoisotopic (exact) mass is 439 g/mol. The molecule has 0 unspecified atom stereocenters. The average Bonchev–Trinajstić information content (AvgIpc) is 3.15. The molecule has 9 nitrogen and oxygen atoms in total. The summed E-state index contributed by atoms with van der Waals surface area (Å²) in [5, 5.41) is 11.7. The Balaban J connectivity index is 2.22. The van der Waals surface area contributed by atoms with Gasteiger partial charge in [0.25, 0.3) is 0 Å². The van der Waals surface area contributed by atoms with Crippen LogP contribution in [0, 0.1) is 11.8 Å². The Bertz CT molecular complexity index is 774. The number of carbonyl (C=O) groups excluding carboxylic acids is 3. The number of hydrogen-bond donors (Lipinski definition) is 1. The summed E-state index contributed by atoms with van der Waals surface area (Å²) in [5.41, 5.74) is -4.63. The highest BCUT2D eigenvalue weighted by Crippen LogP contribution is 2.56. The van der Waals surface area contributed by atoms with Crippen LogP contribution in [0.1, 0.15) is 53.4 Å². The van der Waals surface area contributed by atoms with E-state index in [1.807, 2.05) is 12.2 Å². The van der Waals surface area contributed by atoms with Gasteiger partial charge in [-0.25, -0.2) is 14.5 Å². The van der Waals surface area contributed by atoms with E-state index in [1.54, 1.807) is 27.7 Å². The molecule has 6 atom stereocenters. The number of imide groups is 1. The summed E-state index contributed by atoms with van der Waals surface area (Å²) in [6, 6.07) is 0. The molecule has 2 saturated heterocycles. The third kappa shape index (κ3) is 3.56. The van der Waals surface area contributed by atoms with E-state index in [2.05, 4.69) is 0 Å². The van der Waals surface area contributed by atoms with Crippen LogP contribution in [0.15, 0.2) is 12.2 Å². The number of ether oxygens (including phenoxy) is 4. The highest BCUT2D eigenvalue weighted by atomic mass is 16.7. The molecule has 0 aromatic heterocycles. The first-order valence-corrected chi connectivity index (χ1v) is 10.6. The van der Waals surface area contributed by atoms with Crippen molar-refractivity contribution in [2.24, 2.45) is 11.8 Å². The summed E-state index contributed by atoms with van der Waals surface area (Å²) >= 11 is 0. The molecule has 9 heteroatoms. The number of rotatable bonds is 4. The number of carbonyl (C=O) groups is 3. The first-order valence-electron chi connectivity index (χ1n) is 10.6. The molecular formula is C22H33NO8. The Morgan fingerprint density at radius 1 is 1.32 bits per heavy atom. The van der Waals surface area contributed by atoms with Crippen LogP contribution in [0.2, 0.25) is 0 Å². The standard InChI is InChI=1S/C22H33NO8/c1-20(2,3)31-19(27)23-17(25)14-12-15(28-5)30-21(14,4)22(23,18(26)29-6)16(24)13-10-8-7-9-11-13/h8,10,13-16,24H,7,9,11-12H2,1-6H3/t13-,14+,15+,16+,21+,22+/m1/s1. The molecule has 1 aliphatic carbocycles. The van der Waals surface area contributed by atoms with Crippen molar-refractivity contribution in [2.75, 3.05) is 14.2 Å². The predicted octanol–water partition coefficient (Wildman–Crippen LogP) is 2.16. The molecule has 0 radical (unpaired) electrons. The lowest BCUT2D eigenvalue weighted by Gasteiger charge is -2.48. The summed E-state index contributed by atoms with van der Waals surface area (Å²) in [6.07, 6.45) is 2.87. The molecular weight excluding hydrogens is 406 g/mol. The van der Waals surface area contributed by atoms with Crippen molar-refractivity contribution in [3.63, 3.8) is 0 Å². The van der Waals surface area contributed by atoms with E-state index in [1.165, 1.54) is 7.11 Å². The van der Waals surface area contributed by atoms with Gasteiger partial charge in [0.15, 0.2) is 6.29 Å². The first kappa shape index (κ1) is 23.7.